The van der Waals surface area contributed by atoms with E-state index in [1.807, 2.05) is 0 Å². The Morgan fingerprint density at radius 2 is 2.00 bits per heavy atom. The fourth-order valence-electron chi connectivity index (χ4n) is 2.71. The zero-order chi connectivity index (χ0) is 11.5. The second kappa shape index (κ2) is 5.15. The summed E-state index contributed by atoms with van der Waals surface area (Å²) in [7, 11) is 1.79. The van der Waals surface area contributed by atoms with Gasteiger partial charge in [0.05, 0.1) is 12.1 Å². The molecule has 0 aromatic rings. The highest BCUT2D eigenvalue weighted by atomic mass is 16.5. The minimum atomic E-state index is -0.357. The monoisotopic (exact) mass is 227 g/mol. The summed E-state index contributed by atoms with van der Waals surface area (Å²) in [4.78, 5) is 13.8. The van der Waals surface area contributed by atoms with Gasteiger partial charge in [0.15, 0.2) is 0 Å². The first-order valence-electron chi connectivity index (χ1n) is 6.26. The summed E-state index contributed by atoms with van der Waals surface area (Å²) in [6.45, 7) is 0.692. The van der Waals surface area contributed by atoms with Crippen molar-refractivity contribution in [2.75, 3.05) is 13.7 Å². The average Bonchev–Trinajstić information content (AvgIpc) is 2.81. The number of aliphatic hydroxyl groups is 1. The van der Waals surface area contributed by atoms with Gasteiger partial charge in [-0.3, -0.25) is 4.79 Å². The van der Waals surface area contributed by atoms with Crippen molar-refractivity contribution in [1.82, 2.24) is 4.90 Å². The maximum atomic E-state index is 12.1. The van der Waals surface area contributed by atoms with Crippen LogP contribution in [-0.2, 0) is 9.53 Å². The van der Waals surface area contributed by atoms with Gasteiger partial charge in [-0.2, -0.15) is 0 Å². The second-order valence-corrected chi connectivity index (χ2v) is 4.87. The molecule has 1 aliphatic carbocycles. The van der Waals surface area contributed by atoms with Crippen molar-refractivity contribution in [1.29, 1.82) is 0 Å². The number of hydrogen-bond acceptors (Lipinski definition) is 3. The van der Waals surface area contributed by atoms with Crippen molar-refractivity contribution in [2.24, 2.45) is 0 Å². The molecule has 2 unspecified atom stereocenters. The van der Waals surface area contributed by atoms with Crippen molar-refractivity contribution in [2.45, 2.75) is 56.8 Å². The Hall–Kier alpha value is -0.610. The number of amides is 1. The molecule has 1 saturated heterocycles. The Morgan fingerprint density at radius 1 is 1.25 bits per heavy atom. The maximum absolute atomic E-state index is 12.1. The lowest BCUT2D eigenvalue weighted by atomic mass is 9.91. The standard InChI is InChI=1S/C12H21NO3/c1-13(9-5-2-3-6-10(9)14)12(15)11-7-4-8-16-11/h9-11,14H,2-8H2,1H3/t9?,10?,11-/m1/s1. The van der Waals surface area contributed by atoms with Crippen LogP contribution in [-0.4, -0.2) is 47.8 Å². The molecule has 0 bridgehead atoms. The quantitative estimate of drug-likeness (QED) is 0.763. The van der Waals surface area contributed by atoms with E-state index >= 15 is 0 Å². The van der Waals surface area contributed by atoms with E-state index in [1.165, 1.54) is 0 Å². The van der Waals surface area contributed by atoms with Crippen LogP contribution in [0.15, 0.2) is 0 Å². The van der Waals surface area contributed by atoms with Crippen LogP contribution in [0.25, 0.3) is 0 Å². The van der Waals surface area contributed by atoms with Gasteiger partial charge in [0, 0.05) is 13.7 Å². The SMILES string of the molecule is CN(C(=O)[C@H]1CCCO1)C1CCCCC1O. The van der Waals surface area contributed by atoms with Crippen molar-refractivity contribution in [3.8, 4) is 0 Å². The van der Waals surface area contributed by atoms with Crippen LogP contribution in [0.1, 0.15) is 38.5 Å². The van der Waals surface area contributed by atoms with Gasteiger partial charge >= 0.3 is 0 Å². The molecule has 2 aliphatic rings. The summed E-state index contributed by atoms with van der Waals surface area (Å²) in [5.41, 5.74) is 0. The molecule has 4 nitrogen and oxygen atoms in total. The zero-order valence-corrected chi connectivity index (χ0v) is 9.89. The lowest BCUT2D eigenvalue weighted by molar-refractivity contribution is -0.145. The number of likely N-dealkylation sites (N-methyl/N-ethyl adjacent to an activating group) is 1. The molecule has 0 radical (unpaired) electrons. The van der Waals surface area contributed by atoms with Crippen LogP contribution in [0.3, 0.4) is 0 Å². The largest absolute Gasteiger partial charge is 0.391 e. The number of carbonyl (C=O) groups is 1. The summed E-state index contributed by atoms with van der Waals surface area (Å²) in [5.74, 6) is 0.0449. The third-order valence-corrected chi connectivity index (χ3v) is 3.74. The smallest absolute Gasteiger partial charge is 0.251 e. The number of aliphatic hydroxyl groups excluding tert-OH is 1. The molecule has 4 heteroatoms. The molecule has 1 heterocycles. The third-order valence-electron chi connectivity index (χ3n) is 3.74. The molecule has 2 fully saturated rings. The van der Waals surface area contributed by atoms with E-state index in [0.29, 0.717) is 6.61 Å². The molecule has 3 atom stereocenters. The number of carbonyl (C=O) groups excluding carboxylic acids is 1. The van der Waals surface area contributed by atoms with Gasteiger partial charge in [-0.1, -0.05) is 12.8 Å². The molecule has 1 N–H and O–H groups in total. The van der Waals surface area contributed by atoms with Crippen LogP contribution < -0.4 is 0 Å². The molecule has 1 aliphatic heterocycles. The van der Waals surface area contributed by atoms with E-state index in [2.05, 4.69) is 0 Å². The molecule has 1 saturated carbocycles. The fourth-order valence-corrected chi connectivity index (χ4v) is 2.71. The van der Waals surface area contributed by atoms with Gasteiger partial charge in [0.25, 0.3) is 5.91 Å². The second-order valence-electron chi connectivity index (χ2n) is 4.87. The van der Waals surface area contributed by atoms with Gasteiger partial charge in [0.1, 0.15) is 6.10 Å². The van der Waals surface area contributed by atoms with Gasteiger partial charge in [-0.05, 0) is 25.7 Å². The van der Waals surface area contributed by atoms with Gasteiger partial charge < -0.3 is 14.7 Å². The highest BCUT2D eigenvalue weighted by Crippen LogP contribution is 2.24. The summed E-state index contributed by atoms with van der Waals surface area (Å²) in [6, 6.07) is -0.00884. The normalized spacial score (nSPS) is 35.0. The Balaban J connectivity index is 1.94. The average molecular weight is 227 g/mol. The molecule has 1 amide bonds. The Morgan fingerprint density at radius 3 is 2.62 bits per heavy atom. The van der Waals surface area contributed by atoms with Crippen molar-refractivity contribution >= 4 is 5.91 Å². The highest BCUT2D eigenvalue weighted by molar-refractivity contribution is 5.81. The van der Waals surface area contributed by atoms with E-state index in [1.54, 1.807) is 11.9 Å². The molecular weight excluding hydrogens is 206 g/mol. The summed E-state index contributed by atoms with van der Waals surface area (Å²) < 4.78 is 5.39. The Kier molecular flexibility index (Phi) is 3.82. The fraction of sp³-hybridized carbons (Fsp3) is 0.917. The molecule has 0 aromatic heterocycles. The molecule has 0 spiro atoms. The number of rotatable bonds is 2. The first kappa shape index (κ1) is 11.9. The third kappa shape index (κ3) is 2.38. The van der Waals surface area contributed by atoms with Crippen LogP contribution in [0.4, 0.5) is 0 Å². The molecular formula is C12H21NO3. The zero-order valence-electron chi connectivity index (χ0n) is 9.89. The highest BCUT2D eigenvalue weighted by Gasteiger charge is 2.34. The predicted molar refractivity (Wildman–Crippen MR) is 60.0 cm³/mol. The molecule has 0 aromatic carbocycles. The van der Waals surface area contributed by atoms with Crippen LogP contribution in [0, 0.1) is 0 Å². The summed E-state index contributed by atoms with van der Waals surface area (Å²) >= 11 is 0. The van der Waals surface area contributed by atoms with E-state index in [-0.39, 0.29) is 24.2 Å². The van der Waals surface area contributed by atoms with Gasteiger partial charge in [-0.15, -0.1) is 0 Å². The molecule has 16 heavy (non-hydrogen) atoms. The topological polar surface area (TPSA) is 49.8 Å². The number of nitrogens with zero attached hydrogens (tertiary/aromatic N) is 1. The Labute approximate surface area is 96.6 Å². The maximum Gasteiger partial charge on any atom is 0.251 e. The summed E-state index contributed by atoms with van der Waals surface area (Å²) in [6.07, 6.45) is 5.07. The first-order valence-corrected chi connectivity index (χ1v) is 6.26. The van der Waals surface area contributed by atoms with E-state index in [4.69, 9.17) is 4.74 Å². The number of ether oxygens (including phenoxy) is 1. The van der Waals surface area contributed by atoms with E-state index < -0.39 is 0 Å². The minimum Gasteiger partial charge on any atom is -0.391 e. The van der Waals surface area contributed by atoms with E-state index in [0.717, 1.165) is 38.5 Å². The van der Waals surface area contributed by atoms with Crippen molar-refractivity contribution in [3.05, 3.63) is 0 Å². The summed E-state index contributed by atoms with van der Waals surface area (Å²) in [5, 5.41) is 9.90. The van der Waals surface area contributed by atoms with Crippen molar-refractivity contribution < 1.29 is 14.6 Å². The molecule has 92 valence electrons. The lowest BCUT2D eigenvalue weighted by Gasteiger charge is -2.36. The van der Waals surface area contributed by atoms with E-state index in [9.17, 15) is 9.90 Å². The van der Waals surface area contributed by atoms with Crippen LogP contribution in [0.5, 0.6) is 0 Å². The predicted octanol–water partition coefficient (Wildman–Crippen LogP) is 0.927. The van der Waals surface area contributed by atoms with Crippen molar-refractivity contribution in [3.63, 3.8) is 0 Å². The van der Waals surface area contributed by atoms with Crippen LogP contribution >= 0.6 is 0 Å². The Bertz CT molecular complexity index is 251. The van der Waals surface area contributed by atoms with Gasteiger partial charge in [-0.25, -0.2) is 0 Å². The molecule has 2 rings (SSSR count). The van der Waals surface area contributed by atoms with Crippen LogP contribution in [0.2, 0.25) is 0 Å². The minimum absolute atomic E-state index is 0.00884. The first-order chi connectivity index (χ1) is 7.70. The number of hydrogen-bond donors (Lipinski definition) is 1. The lowest BCUT2D eigenvalue weighted by Crippen LogP contribution is -2.49. The van der Waals surface area contributed by atoms with Gasteiger partial charge in [0.2, 0.25) is 0 Å².